The molecule has 84 valence electrons. The van der Waals surface area contributed by atoms with Crippen molar-refractivity contribution in [3.8, 4) is 0 Å². The van der Waals surface area contributed by atoms with Gasteiger partial charge in [-0.15, -0.1) is 0 Å². The molecule has 0 fully saturated rings. The highest BCUT2D eigenvalue weighted by Gasteiger charge is 1.85. The molecule has 14 heavy (non-hydrogen) atoms. The van der Waals surface area contributed by atoms with Crippen LogP contribution in [0.25, 0.3) is 0 Å². The standard InChI is InChI=1S/C8H19N.C3H4O2/c1-2-3-4-5-6-7-8-9;1-2-3(4)5/h2-9H2,1H3;2H,1H2,(H,4,5). The minimum Gasteiger partial charge on any atom is -0.478 e. The number of rotatable bonds is 7. The molecule has 0 aliphatic heterocycles. The van der Waals surface area contributed by atoms with Crippen LogP contribution in [0.1, 0.15) is 45.4 Å². The molecule has 0 rings (SSSR count). The average molecular weight is 201 g/mol. The van der Waals surface area contributed by atoms with Gasteiger partial charge in [0.15, 0.2) is 0 Å². The molecule has 0 saturated heterocycles. The third-order valence-corrected chi connectivity index (χ3v) is 1.73. The average Bonchev–Trinajstić information content (AvgIpc) is 2.19. The predicted octanol–water partition coefficient (Wildman–Crippen LogP) is 2.56. The molecule has 0 aliphatic carbocycles. The van der Waals surface area contributed by atoms with Crippen LogP contribution in [0.4, 0.5) is 0 Å². The summed E-state index contributed by atoms with van der Waals surface area (Å²) in [5.41, 5.74) is 5.34. The highest BCUT2D eigenvalue weighted by molar-refractivity contribution is 5.78. The third kappa shape index (κ3) is 22.5. The van der Waals surface area contributed by atoms with Crippen molar-refractivity contribution in [1.29, 1.82) is 0 Å². The van der Waals surface area contributed by atoms with Crippen molar-refractivity contribution in [3.05, 3.63) is 12.7 Å². The van der Waals surface area contributed by atoms with E-state index in [0.29, 0.717) is 0 Å². The van der Waals surface area contributed by atoms with E-state index in [1.54, 1.807) is 0 Å². The quantitative estimate of drug-likeness (QED) is 0.491. The molecule has 0 saturated carbocycles. The lowest BCUT2D eigenvalue weighted by Crippen LogP contribution is -1.97. The Bertz CT molecular complexity index is 129. The summed E-state index contributed by atoms with van der Waals surface area (Å²) in [7, 11) is 0. The second-order valence-electron chi connectivity index (χ2n) is 3.10. The molecule has 0 aliphatic rings. The van der Waals surface area contributed by atoms with E-state index in [9.17, 15) is 4.79 Å². The minimum atomic E-state index is -0.981. The van der Waals surface area contributed by atoms with Gasteiger partial charge in [-0.1, -0.05) is 45.6 Å². The van der Waals surface area contributed by atoms with Gasteiger partial charge in [0.2, 0.25) is 0 Å². The highest BCUT2D eigenvalue weighted by atomic mass is 16.4. The van der Waals surface area contributed by atoms with Crippen LogP contribution in [0.5, 0.6) is 0 Å². The topological polar surface area (TPSA) is 63.3 Å². The molecule has 0 radical (unpaired) electrons. The molecule has 3 heteroatoms. The SMILES string of the molecule is C=CC(=O)O.CCCCCCCCN. The van der Waals surface area contributed by atoms with Crippen molar-refractivity contribution < 1.29 is 9.90 Å². The van der Waals surface area contributed by atoms with Gasteiger partial charge in [0, 0.05) is 6.08 Å². The molecule has 0 atom stereocenters. The molecule has 3 N–H and O–H groups in total. The summed E-state index contributed by atoms with van der Waals surface area (Å²) in [5.74, 6) is -0.981. The Kier molecular flexibility index (Phi) is 16.4. The number of unbranched alkanes of at least 4 members (excludes halogenated alkanes) is 5. The Morgan fingerprint density at radius 3 is 2.07 bits per heavy atom. The monoisotopic (exact) mass is 201 g/mol. The first-order valence-corrected chi connectivity index (χ1v) is 5.24. The van der Waals surface area contributed by atoms with Gasteiger partial charge in [0.05, 0.1) is 0 Å². The molecule has 3 nitrogen and oxygen atoms in total. The van der Waals surface area contributed by atoms with E-state index in [-0.39, 0.29) is 0 Å². The molecule has 0 bridgehead atoms. The minimum absolute atomic E-state index is 0.833. The molecular weight excluding hydrogens is 178 g/mol. The summed E-state index contributed by atoms with van der Waals surface area (Å²) in [4.78, 5) is 9.25. The highest BCUT2D eigenvalue weighted by Crippen LogP contribution is 2.03. The van der Waals surface area contributed by atoms with Crippen LogP contribution in [0, 0.1) is 0 Å². The second-order valence-corrected chi connectivity index (χ2v) is 3.10. The Morgan fingerprint density at radius 1 is 1.29 bits per heavy atom. The summed E-state index contributed by atoms with van der Waals surface area (Å²) in [6.45, 7) is 6.07. The zero-order chi connectivity index (χ0) is 11.2. The van der Waals surface area contributed by atoms with Crippen LogP contribution in [-0.4, -0.2) is 17.6 Å². The van der Waals surface area contributed by atoms with E-state index in [1.165, 1.54) is 38.5 Å². The Morgan fingerprint density at radius 2 is 1.71 bits per heavy atom. The molecule has 0 spiro atoms. The first kappa shape index (κ1) is 15.6. The lowest BCUT2D eigenvalue weighted by Gasteiger charge is -1.96. The fourth-order valence-electron chi connectivity index (χ4n) is 0.925. The first-order valence-electron chi connectivity index (χ1n) is 5.24. The predicted molar refractivity (Wildman–Crippen MR) is 60.3 cm³/mol. The number of carboxylic acids is 1. The summed E-state index contributed by atoms with van der Waals surface area (Å²) in [6, 6.07) is 0. The normalized spacial score (nSPS) is 8.71. The van der Waals surface area contributed by atoms with Crippen LogP contribution >= 0.6 is 0 Å². The Labute approximate surface area is 87.0 Å². The lowest BCUT2D eigenvalue weighted by molar-refractivity contribution is -0.131. The van der Waals surface area contributed by atoms with Gasteiger partial charge in [-0.05, 0) is 13.0 Å². The smallest absolute Gasteiger partial charge is 0.327 e. The van der Waals surface area contributed by atoms with Crippen LogP contribution < -0.4 is 5.73 Å². The van der Waals surface area contributed by atoms with Crippen molar-refractivity contribution in [3.63, 3.8) is 0 Å². The lowest BCUT2D eigenvalue weighted by atomic mass is 10.1. The number of aliphatic carboxylic acids is 1. The number of nitrogens with two attached hydrogens (primary N) is 1. The van der Waals surface area contributed by atoms with Gasteiger partial charge in [-0.25, -0.2) is 4.79 Å². The first-order chi connectivity index (χ1) is 6.68. The van der Waals surface area contributed by atoms with Gasteiger partial charge >= 0.3 is 5.97 Å². The largest absolute Gasteiger partial charge is 0.478 e. The fraction of sp³-hybridized carbons (Fsp3) is 0.727. The number of carbonyl (C=O) groups is 1. The number of hydrogen-bond acceptors (Lipinski definition) is 2. The van der Waals surface area contributed by atoms with E-state index in [1.807, 2.05) is 0 Å². The van der Waals surface area contributed by atoms with Gasteiger partial charge in [-0.3, -0.25) is 0 Å². The molecule has 0 aromatic carbocycles. The molecule has 0 unspecified atom stereocenters. The van der Waals surface area contributed by atoms with Crippen molar-refractivity contribution in [2.45, 2.75) is 45.4 Å². The zero-order valence-electron chi connectivity index (χ0n) is 9.17. The fourth-order valence-corrected chi connectivity index (χ4v) is 0.925. The summed E-state index contributed by atoms with van der Waals surface area (Å²) in [6.07, 6.45) is 8.88. The van der Waals surface area contributed by atoms with Crippen molar-refractivity contribution in [1.82, 2.24) is 0 Å². The molecule has 0 heterocycles. The third-order valence-electron chi connectivity index (χ3n) is 1.73. The van der Waals surface area contributed by atoms with Gasteiger partial charge in [0.25, 0.3) is 0 Å². The number of carboxylic acid groups (broad SMARTS) is 1. The van der Waals surface area contributed by atoms with Crippen LogP contribution in [-0.2, 0) is 4.79 Å². The van der Waals surface area contributed by atoms with E-state index >= 15 is 0 Å². The molecule has 0 amide bonds. The van der Waals surface area contributed by atoms with Crippen molar-refractivity contribution in [2.24, 2.45) is 5.73 Å². The zero-order valence-corrected chi connectivity index (χ0v) is 9.17. The number of hydrogen-bond donors (Lipinski definition) is 2. The molecular formula is C11H23NO2. The van der Waals surface area contributed by atoms with Gasteiger partial charge < -0.3 is 10.8 Å². The van der Waals surface area contributed by atoms with Gasteiger partial charge in [-0.2, -0.15) is 0 Å². The van der Waals surface area contributed by atoms with Crippen LogP contribution in [0.2, 0.25) is 0 Å². The Hall–Kier alpha value is -0.830. The van der Waals surface area contributed by atoms with Gasteiger partial charge in [0.1, 0.15) is 0 Å². The molecule has 0 aromatic rings. The van der Waals surface area contributed by atoms with Crippen LogP contribution in [0.15, 0.2) is 12.7 Å². The second kappa shape index (κ2) is 14.7. The molecule has 0 aromatic heterocycles. The summed E-state index contributed by atoms with van der Waals surface area (Å²) >= 11 is 0. The van der Waals surface area contributed by atoms with Crippen molar-refractivity contribution in [2.75, 3.05) is 6.54 Å². The maximum Gasteiger partial charge on any atom is 0.327 e. The van der Waals surface area contributed by atoms with E-state index in [0.717, 1.165) is 12.6 Å². The summed E-state index contributed by atoms with van der Waals surface area (Å²) < 4.78 is 0. The van der Waals surface area contributed by atoms with Crippen LogP contribution in [0.3, 0.4) is 0 Å². The maximum absolute atomic E-state index is 9.25. The van der Waals surface area contributed by atoms with E-state index in [4.69, 9.17) is 10.8 Å². The van der Waals surface area contributed by atoms with E-state index in [2.05, 4.69) is 13.5 Å². The maximum atomic E-state index is 9.25. The van der Waals surface area contributed by atoms with E-state index < -0.39 is 5.97 Å². The van der Waals surface area contributed by atoms with Crippen molar-refractivity contribution >= 4 is 5.97 Å². The summed E-state index contributed by atoms with van der Waals surface area (Å²) in [5, 5.41) is 7.60. The Balaban J connectivity index is 0.